The molecule has 0 spiro atoms. The SMILES string of the molecule is O=C1Oc2ccccc2CC1S(=O)(=O)c1ccccc1-c1ccccc1. The third-order valence-corrected chi connectivity index (χ3v) is 6.58. The van der Waals surface area contributed by atoms with Gasteiger partial charge < -0.3 is 4.74 Å². The summed E-state index contributed by atoms with van der Waals surface area (Å²) in [6.07, 6.45) is 0.112. The number of esters is 1. The van der Waals surface area contributed by atoms with Crippen molar-refractivity contribution in [2.24, 2.45) is 0 Å². The molecule has 0 saturated heterocycles. The molecule has 3 aromatic rings. The lowest BCUT2D eigenvalue weighted by Crippen LogP contribution is -2.39. The number of carbonyl (C=O) groups excluding carboxylic acids is 1. The molecule has 26 heavy (non-hydrogen) atoms. The number of sulfone groups is 1. The highest BCUT2D eigenvalue weighted by Crippen LogP contribution is 2.34. The Hall–Kier alpha value is -2.92. The Morgan fingerprint density at radius 2 is 1.46 bits per heavy atom. The summed E-state index contributed by atoms with van der Waals surface area (Å²) in [5.41, 5.74) is 2.09. The highest BCUT2D eigenvalue weighted by Gasteiger charge is 2.40. The molecule has 0 fully saturated rings. The minimum Gasteiger partial charge on any atom is -0.425 e. The van der Waals surface area contributed by atoms with E-state index < -0.39 is 21.1 Å². The van der Waals surface area contributed by atoms with Crippen LogP contribution in [0, 0.1) is 0 Å². The minimum absolute atomic E-state index is 0.112. The lowest BCUT2D eigenvalue weighted by atomic mass is 10.1. The fourth-order valence-corrected chi connectivity index (χ4v) is 4.96. The van der Waals surface area contributed by atoms with Gasteiger partial charge in [-0.1, -0.05) is 66.7 Å². The summed E-state index contributed by atoms with van der Waals surface area (Å²) >= 11 is 0. The number of para-hydroxylation sites is 1. The lowest BCUT2D eigenvalue weighted by Gasteiger charge is -2.24. The van der Waals surface area contributed by atoms with Crippen molar-refractivity contribution in [3.05, 3.63) is 84.4 Å². The van der Waals surface area contributed by atoms with Crippen LogP contribution < -0.4 is 4.74 Å². The zero-order chi connectivity index (χ0) is 18.1. The van der Waals surface area contributed by atoms with Crippen molar-refractivity contribution in [3.8, 4) is 16.9 Å². The maximum Gasteiger partial charge on any atom is 0.330 e. The van der Waals surface area contributed by atoms with Crippen LogP contribution >= 0.6 is 0 Å². The predicted molar refractivity (Wildman–Crippen MR) is 98.6 cm³/mol. The summed E-state index contributed by atoms with van der Waals surface area (Å²) in [5, 5.41) is -1.25. The van der Waals surface area contributed by atoms with Gasteiger partial charge in [0.25, 0.3) is 0 Å². The fourth-order valence-electron chi connectivity index (χ4n) is 3.19. The Balaban J connectivity index is 1.81. The first kappa shape index (κ1) is 16.5. The number of fused-ring (bicyclic) bond motifs is 1. The van der Waals surface area contributed by atoms with E-state index in [2.05, 4.69) is 0 Å². The van der Waals surface area contributed by atoms with Gasteiger partial charge in [-0.3, -0.25) is 4.79 Å². The molecule has 4 rings (SSSR count). The van der Waals surface area contributed by atoms with Crippen LogP contribution in [0.15, 0.2) is 83.8 Å². The monoisotopic (exact) mass is 364 g/mol. The Morgan fingerprint density at radius 1 is 0.808 bits per heavy atom. The summed E-state index contributed by atoms with van der Waals surface area (Å²) in [6, 6.07) is 23.1. The third kappa shape index (κ3) is 2.80. The number of rotatable bonds is 3. The molecular weight excluding hydrogens is 348 g/mol. The van der Waals surface area contributed by atoms with Crippen molar-refractivity contribution < 1.29 is 17.9 Å². The van der Waals surface area contributed by atoms with E-state index in [1.54, 1.807) is 48.5 Å². The standard InChI is InChI=1S/C21H16O4S/c22-21-20(14-16-10-4-6-12-18(16)25-21)26(23,24)19-13-7-5-11-17(19)15-8-2-1-3-9-15/h1-13,20H,14H2. The molecule has 130 valence electrons. The summed E-state index contributed by atoms with van der Waals surface area (Å²) in [6.45, 7) is 0. The minimum atomic E-state index is -3.91. The molecule has 0 bridgehead atoms. The lowest BCUT2D eigenvalue weighted by molar-refractivity contribution is -0.134. The largest absolute Gasteiger partial charge is 0.425 e. The molecule has 0 saturated carbocycles. The number of benzene rings is 3. The number of carbonyl (C=O) groups is 1. The average molecular weight is 364 g/mol. The molecule has 1 unspecified atom stereocenters. The van der Waals surface area contributed by atoms with Gasteiger partial charge in [0.1, 0.15) is 5.75 Å². The normalized spacial score (nSPS) is 16.6. The van der Waals surface area contributed by atoms with Gasteiger partial charge >= 0.3 is 5.97 Å². The van der Waals surface area contributed by atoms with Crippen molar-refractivity contribution >= 4 is 15.8 Å². The van der Waals surface area contributed by atoms with Gasteiger partial charge in [0, 0.05) is 12.0 Å². The summed E-state index contributed by atoms with van der Waals surface area (Å²) in [7, 11) is -3.91. The average Bonchev–Trinajstić information content (AvgIpc) is 2.68. The number of hydrogen-bond acceptors (Lipinski definition) is 4. The topological polar surface area (TPSA) is 60.4 Å². The molecule has 1 heterocycles. The first-order valence-corrected chi connectivity index (χ1v) is 9.80. The van der Waals surface area contributed by atoms with E-state index in [9.17, 15) is 13.2 Å². The summed E-state index contributed by atoms with van der Waals surface area (Å²) < 4.78 is 31.9. The van der Waals surface area contributed by atoms with E-state index in [-0.39, 0.29) is 11.3 Å². The van der Waals surface area contributed by atoms with Crippen molar-refractivity contribution in [3.63, 3.8) is 0 Å². The van der Waals surface area contributed by atoms with Gasteiger partial charge in [-0.05, 0) is 23.3 Å². The van der Waals surface area contributed by atoms with Crippen LogP contribution in [0.1, 0.15) is 5.56 Å². The van der Waals surface area contributed by atoms with E-state index in [0.29, 0.717) is 11.3 Å². The summed E-state index contributed by atoms with van der Waals surface area (Å²) in [4.78, 5) is 12.6. The van der Waals surface area contributed by atoms with Crippen LogP contribution in [-0.4, -0.2) is 19.6 Å². The molecule has 0 radical (unpaired) electrons. The Morgan fingerprint density at radius 3 is 2.27 bits per heavy atom. The second kappa shape index (κ2) is 6.42. The predicted octanol–water partition coefficient (Wildman–Crippen LogP) is 3.66. The molecule has 4 nitrogen and oxygen atoms in total. The van der Waals surface area contributed by atoms with Crippen molar-refractivity contribution in [2.75, 3.05) is 0 Å². The van der Waals surface area contributed by atoms with Crippen LogP contribution in [0.25, 0.3) is 11.1 Å². The highest BCUT2D eigenvalue weighted by atomic mass is 32.2. The van der Waals surface area contributed by atoms with Gasteiger partial charge in [-0.2, -0.15) is 0 Å². The first-order valence-electron chi connectivity index (χ1n) is 8.25. The van der Waals surface area contributed by atoms with Crippen LogP contribution in [0.4, 0.5) is 0 Å². The van der Waals surface area contributed by atoms with E-state index in [0.717, 1.165) is 11.1 Å². The molecule has 0 amide bonds. The maximum atomic E-state index is 13.3. The number of hydrogen-bond donors (Lipinski definition) is 0. The Kier molecular flexibility index (Phi) is 4.09. The van der Waals surface area contributed by atoms with Crippen molar-refractivity contribution in [1.82, 2.24) is 0 Å². The molecule has 0 N–H and O–H groups in total. The van der Waals surface area contributed by atoms with E-state index in [4.69, 9.17) is 4.74 Å². The van der Waals surface area contributed by atoms with E-state index in [1.807, 2.05) is 30.3 Å². The van der Waals surface area contributed by atoms with Gasteiger partial charge in [0.2, 0.25) is 0 Å². The molecule has 0 aromatic heterocycles. The van der Waals surface area contributed by atoms with Gasteiger partial charge in [-0.15, -0.1) is 0 Å². The summed E-state index contributed by atoms with van der Waals surface area (Å²) in [5.74, 6) is -0.299. The van der Waals surface area contributed by atoms with Crippen LogP contribution in [0.5, 0.6) is 5.75 Å². The second-order valence-corrected chi connectivity index (χ2v) is 8.23. The first-order chi connectivity index (χ1) is 12.6. The molecular formula is C21H16O4S. The molecule has 0 aliphatic carbocycles. The van der Waals surface area contributed by atoms with Gasteiger partial charge in [0.15, 0.2) is 15.1 Å². The molecule has 1 aliphatic rings. The molecule has 5 heteroatoms. The maximum absolute atomic E-state index is 13.3. The van der Waals surface area contributed by atoms with Crippen LogP contribution in [0.3, 0.4) is 0 Å². The van der Waals surface area contributed by atoms with Gasteiger partial charge in [-0.25, -0.2) is 8.42 Å². The Labute approximate surface area is 152 Å². The molecule has 1 aliphatic heterocycles. The quantitative estimate of drug-likeness (QED) is 0.526. The van der Waals surface area contributed by atoms with Crippen LogP contribution in [-0.2, 0) is 21.1 Å². The van der Waals surface area contributed by atoms with Crippen LogP contribution in [0.2, 0.25) is 0 Å². The number of ether oxygens (including phenoxy) is 1. The van der Waals surface area contributed by atoms with E-state index >= 15 is 0 Å². The smallest absolute Gasteiger partial charge is 0.330 e. The van der Waals surface area contributed by atoms with E-state index in [1.165, 1.54) is 0 Å². The second-order valence-electron chi connectivity index (χ2n) is 6.13. The van der Waals surface area contributed by atoms with Gasteiger partial charge in [0.05, 0.1) is 4.90 Å². The molecule has 1 atom stereocenters. The third-order valence-electron chi connectivity index (χ3n) is 4.50. The molecule has 3 aromatic carbocycles. The Bertz CT molecular complexity index is 1070. The zero-order valence-electron chi connectivity index (χ0n) is 13.8. The highest BCUT2D eigenvalue weighted by molar-refractivity contribution is 7.93. The zero-order valence-corrected chi connectivity index (χ0v) is 14.6. The van der Waals surface area contributed by atoms with Crippen molar-refractivity contribution in [2.45, 2.75) is 16.6 Å². The van der Waals surface area contributed by atoms with Crippen molar-refractivity contribution in [1.29, 1.82) is 0 Å². The fraction of sp³-hybridized carbons (Fsp3) is 0.0952.